The summed E-state index contributed by atoms with van der Waals surface area (Å²) in [5.41, 5.74) is 11.2. The van der Waals surface area contributed by atoms with E-state index in [1.54, 1.807) is 0 Å². The molecule has 228 valence electrons. The summed E-state index contributed by atoms with van der Waals surface area (Å²) < 4.78 is 5.32. The summed E-state index contributed by atoms with van der Waals surface area (Å²) in [5.74, 6) is 0. The Balaban J connectivity index is 1.13. The van der Waals surface area contributed by atoms with Gasteiger partial charge in [-0.05, 0) is 100 Å². The van der Waals surface area contributed by atoms with Crippen molar-refractivity contribution in [1.82, 2.24) is 0 Å². The highest BCUT2D eigenvalue weighted by atomic mass is 32.1. The van der Waals surface area contributed by atoms with Crippen LogP contribution in [-0.4, -0.2) is 0 Å². The van der Waals surface area contributed by atoms with E-state index >= 15 is 0 Å². The van der Waals surface area contributed by atoms with Gasteiger partial charge in [-0.1, -0.05) is 98.8 Å². The lowest BCUT2D eigenvalue weighted by molar-refractivity contribution is 0.632. The van der Waals surface area contributed by atoms with Crippen LogP contribution in [-0.2, 0) is 5.41 Å². The first-order valence-electron chi connectivity index (χ1n) is 16.5. The topological polar surface area (TPSA) is 3.24 Å². The molecule has 0 saturated heterocycles. The van der Waals surface area contributed by atoms with E-state index in [1.165, 1.54) is 90.8 Å². The van der Waals surface area contributed by atoms with Crippen LogP contribution in [0.25, 0.3) is 62.6 Å². The van der Waals surface area contributed by atoms with Gasteiger partial charge in [0.25, 0.3) is 0 Å². The Morgan fingerprint density at radius 2 is 0.938 bits per heavy atom. The molecule has 1 nitrogen and oxygen atoms in total. The van der Waals surface area contributed by atoms with Gasteiger partial charge in [-0.25, -0.2) is 0 Å². The summed E-state index contributed by atoms with van der Waals surface area (Å²) in [5, 5.41) is 5.30. The van der Waals surface area contributed by atoms with Crippen molar-refractivity contribution in [3.8, 4) is 22.3 Å². The SMILES string of the molecule is CC1(C)c2ccccc2N(c2ccc3sc4ccccc4c3c2)c2ccc(-c3ccc4sc5ccc(-c6ccccc6)cc5c4c3)cc21. The molecule has 0 bridgehead atoms. The molecule has 7 aromatic carbocycles. The lowest BCUT2D eigenvalue weighted by Crippen LogP contribution is -2.30. The Bertz CT molecular complexity index is 2710. The average molecular weight is 650 g/mol. The van der Waals surface area contributed by atoms with Crippen molar-refractivity contribution in [2.24, 2.45) is 0 Å². The zero-order chi connectivity index (χ0) is 32.0. The van der Waals surface area contributed by atoms with Crippen LogP contribution in [0.5, 0.6) is 0 Å². The maximum absolute atomic E-state index is 2.48. The summed E-state index contributed by atoms with van der Waals surface area (Å²) >= 11 is 3.75. The Hall–Kier alpha value is -5.22. The Labute approximate surface area is 288 Å². The zero-order valence-corrected chi connectivity index (χ0v) is 28.3. The van der Waals surface area contributed by atoms with Crippen molar-refractivity contribution in [3.05, 3.63) is 163 Å². The predicted molar refractivity (Wildman–Crippen MR) is 210 cm³/mol. The van der Waals surface area contributed by atoms with E-state index in [1.807, 2.05) is 22.7 Å². The molecule has 0 N–H and O–H groups in total. The third-order valence-electron chi connectivity index (χ3n) is 10.3. The van der Waals surface area contributed by atoms with Crippen LogP contribution in [0.2, 0.25) is 0 Å². The minimum atomic E-state index is -0.165. The number of hydrogen-bond donors (Lipinski definition) is 0. The predicted octanol–water partition coefficient (Wildman–Crippen LogP) is 13.9. The van der Waals surface area contributed by atoms with Gasteiger partial charge >= 0.3 is 0 Å². The molecule has 2 aromatic heterocycles. The summed E-state index contributed by atoms with van der Waals surface area (Å²) in [6, 6.07) is 56.4. The zero-order valence-electron chi connectivity index (χ0n) is 26.7. The number of nitrogens with zero attached hydrogens (tertiary/aromatic N) is 1. The van der Waals surface area contributed by atoms with Gasteiger partial charge in [-0.3, -0.25) is 0 Å². The number of para-hydroxylation sites is 1. The van der Waals surface area contributed by atoms with Crippen molar-refractivity contribution in [2.75, 3.05) is 4.90 Å². The second-order valence-corrected chi connectivity index (χ2v) is 15.5. The molecule has 48 heavy (non-hydrogen) atoms. The first-order chi connectivity index (χ1) is 23.5. The summed E-state index contributed by atoms with van der Waals surface area (Å²) in [6.45, 7) is 4.75. The minimum absolute atomic E-state index is 0.165. The van der Waals surface area contributed by atoms with E-state index in [0.29, 0.717) is 0 Å². The lowest BCUT2D eigenvalue weighted by atomic mass is 9.73. The minimum Gasteiger partial charge on any atom is -0.310 e. The molecule has 1 aliphatic rings. The smallest absolute Gasteiger partial charge is 0.0503 e. The molecule has 0 spiro atoms. The van der Waals surface area contributed by atoms with Gasteiger partial charge in [0, 0.05) is 51.4 Å². The molecule has 0 aliphatic carbocycles. The highest BCUT2D eigenvalue weighted by Crippen LogP contribution is 2.53. The maximum Gasteiger partial charge on any atom is 0.0503 e. The normalized spacial score (nSPS) is 13.8. The van der Waals surface area contributed by atoms with Gasteiger partial charge < -0.3 is 4.90 Å². The van der Waals surface area contributed by atoms with E-state index in [2.05, 4.69) is 170 Å². The highest BCUT2D eigenvalue weighted by Gasteiger charge is 2.37. The standard InChI is InChI=1S/C45H31NS2/c1-45(2)37-13-7-8-14-39(37)46(32-19-23-44-36(27-32)33-12-6-9-15-41(33)47-44)40-20-16-31(26-38(40)45)30-18-22-43-35(25-30)34-24-29(17-21-42(34)48-43)28-10-4-3-5-11-28/h3-27H,1-2H3. The molecule has 1 aliphatic heterocycles. The van der Waals surface area contributed by atoms with Crippen LogP contribution in [0.15, 0.2) is 152 Å². The van der Waals surface area contributed by atoms with Crippen molar-refractivity contribution in [1.29, 1.82) is 0 Å². The summed E-state index contributed by atoms with van der Waals surface area (Å²) in [4.78, 5) is 2.48. The number of fused-ring (bicyclic) bond motifs is 8. The first kappa shape index (κ1) is 27.9. The number of anilines is 3. The fraction of sp³-hybridized carbons (Fsp3) is 0.0667. The van der Waals surface area contributed by atoms with E-state index in [4.69, 9.17) is 0 Å². The fourth-order valence-corrected chi connectivity index (χ4v) is 9.93. The lowest BCUT2D eigenvalue weighted by Gasteiger charge is -2.42. The quantitative estimate of drug-likeness (QED) is 0.184. The van der Waals surface area contributed by atoms with Gasteiger partial charge in [-0.2, -0.15) is 0 Å². The molecular weight excluding hydrogens is 619 g/mol. The van der Waals surface area contributed by atoms with Crippen LogP contribution in [0, 0.1) is 0 Å². The molecule has 0 unspecified atom stereocenters. The van der Waals surface area contributed by atoms with Crippen LogP contribution in [0.1, 0.15) is 25.0 Å². The molecule has 10 rings (SSSR count). The third-order valence-corrected chi connectivity index (χ3v) is 12.6. The van der Waals surface area contributed by atoms with Gasteiger partial charge in [-0.15, -0.1) is 22.7 Å². The molecule has 0 radical (unpaired) electrons. The highest BCUT2D eigenvalue weighted by molar-refractivity contribution is 7.26. The van der Waals surface area contributed by atoms with Gasteiger partial charge in [0.05, 0.1) is 11.4 Å². The molecular formula is C45H31NS2. The number of benzene rings is 7. The van der Waals surface area contributed by atoms with Gasteiger partial charge in [0.2, 0.25) is 0 Å². The van der Waals surface area contributed by atoms with Crippen LogP contribution >= 0.6 is 22.7 Å². The van der Waals surface area contributed by atoms with E-state index in [0.717, 1.165) is 0 Å². The van der Waals surface area contributed by atoms with Crippen LogP contribution in [0.3, 0.4) is 0 Å². The number of thiophene rings is 2. The molecule has 0 saturated carbocycles. The summed E-state index contributed by atoms with van der Waals surface area (Å²) in [7, 11) is 0. The van der Waals surface area contributed by atoms with E-state index in [-0.39, 0.29) is 5.41 Å². The fourth-order valence-electron chi connectivity index (χ4n) is 7.78. The molecule has 9 aromatic rings. The summed E-state index contributed by atoms with van der Waals surface area (Å²) in [6.07, 6.45) is 0. The van der Waals surface area contributed by atoms with Gasteiger partial charge in [0.15, 0.2) is 0 Å². The number of hydrogen-bond acceptors (Lipinski definition) is 3. The molecule has 0 fully saturated rings. The van der Waals surface area contributed by atoms with E-state index in [9.17, 15) is 0 Å². The van der Waals surface area contributed by atoms with Crippen molar-refractivity contribution in [3.63, 3.8) is 0 Å². The molecule has 0 amide bonds. The molecule has 0 atom stereocenters. The second kappa shape index (κ2) is 10.4. The van der Waals surface area contributed by atoms with Crippen molar-refractivity contribution in [2.45, 2.75) is 19.3 Å². The largest absolute Gasteiger partial charge is 0.310 e. The van der Waals surface area contributed by atoms with Crippen molar-refractivity contribution < 1.29 is 0 Å². The Morgan fingerprint density at radius 1 is 0.396 bits per heavy atom. The Kier molecular flexibility index (Phi) is 6.03. The van der Waals surface area contributed by atoms with Gasteiger partial charge in [0.1, 0.15) is 0 Å². The molecule has 3 heterocycles. The Morgan fingerprint density at radius 3 is 1.71 bits per heavy atom. The molecule has 3 heteroatoms. The van der Waals surface area contributed by atoms with Crippen molar-refractivity contribution >= 4 is 80.1 Å². The first-order valence-corrected chi connectivity index (χ1v) is 18.1. The number of rotatable bonds is 3. The average Bonchev–Trinajstić information content (AvgIpc) is 3.69. The third kappa shape index (κ3) is 4.14. The van der Waals surface area contributed by atoms with E-state index < -0.39 is 0 Å². The monoisotopic (exact) mass is 649 g/mol. The van der Waals surface area contributed by atoms with Crippen LogP contribution < -0.4 is 4.90 Å². The van der Waals surface area contributed by atoms with Crippen LogP contribution in [0.4, 0.5) is 17.1 Å². The maximum atomic E-state index is 2.48. The second-order valence-electron chi connectivity index (χ2n) is 13.4.